The zero-order valence-corrected chi connectivity index (χ0v) is 15.2. The first kappa shape index (κ1) is 18.4. The van der Waals surface area contributed by atoms with E-state index in [1.54, 1.807) is 40.5 Å². The molecule has 7 heteroatoms. The van der Waals surface area contributed by atoms with Crippen molar-refractivity contribution in [3.05, 3.63) is 52.2 Å². The molecule has 3 N–H and O–H groups in total. The highest BCUT2D eigenvalue weighted by Crippen LogP contribution is 2.33. The smallest absolute Gasteiger partial charge is 0.255 e. The molecule has 0 spiro atoms. The third-order valence-corrected chi connectivity index (χ3v) is 5.51. The van der Waals surface area contributed by atoms with Gasteiger partial charge in [0.2, 0.25) is 0 Å². The maximum atomic E-state index is 12.7. The SMILES string of the molecule is NC(=O)COc1cccc(C(=O)N2CCC(C(O)c3cccs3)CC2)c1. The van der Waals surface area contributed by atoms with E-state index in [9.17, 15) is 14.7 Å². The van der Waals surface area contributed by atoms with Crippen LogP contribution in [-0.2, 0) is 4.79 Å². The number of ether oxygens (including phenoxy) is 1. The average Bonchev–Trinajstić information content (AvgIpc) is 3.20. The molecule has 0 saturated carbocycles. The Balaban J connectivity index is 1.58. The Morgan fingerprint density at radius 3 is 2.69 bits per heavy atom. The van der Waals surface area contributed by atoms with Gasteiger partial charge in [-0.1, -0.05) is 12.1 Å². The van der Waals surface area contributed by atoms with Crippen molar-refractivity contribution >= 4 is 23.2 Å². The van der Waals surface area contributed by atoms with Crippen molar-refractivity contribution in [1.29, 1.82) is 0 Å². The van der Waals surface area contributed by atoms with Crippen LogP contribution in [0.2, 0.25) is 0 Å². The highest BCUT2D eigenvalue weighted by molar-refractivity contribution is 7.10. The van der Waals surface area contributed by atoms with Gasteiger partial charge in [0.15, 0.2) is 6.61 Å². The van der Waals surface area contributed by atoms with Crippen LogP contribution in [-0.4, -0.2) is 41.5 Å². The molecule has 1 unspecified atom stereocenters. The summed E-state index contributed by atoms with van der Waals surface area (Å²) in [7, 11) is 0. The fraction of sp³-hybridized carbons (Fsp3) is 0.368. The largest absolute Gasteiger partial charge is 0.484 e. The Morgan fingerprint density at radius 1 is 1.27 bits per heavy atom. The second-order valence-electron chi connectivity index (χ2n) is 6.37. The highest BCUT2D eigenvalue weighted by Gasteiger charge is 2.29. The fourth-order valence-corrected chi connectivity index (χ4v) is 3.97. The van der Waals surface area contributed by atoms with Gasteiger partial charge in [-0.25, -0.2) is 0 Å². The van der Waals surface area contributed by atoms with E-state index in [-0.39, 0.29) is 18.4 Å². The van der Waals surface area contributed by atoms with Gasteiger partial charge in [0.25, 0.3) is 11.8 Å². The van der Waals surface area contributed by atoms with Gasteiger partial charge in [0, 0.05) is 23.5 Å². The topological polar surface area (TPSA) is 92.9 Å². The van der Waals surface area contributed by atoms with Crippen LogP contribution in [0.1, 0.15) is 34.2 Å². The Labute approximate surface area is 156 Å². The molecule has 2 aromatic rings. The molecule has 0 aliphatic carbocycles. The van der Waals surface area contributed by atoms with E-state index in [4.69, 9.17) is 10.5 Å². The summed E-state index contributed by atoms with van der Waals surface area (Å²) < 4.78 is 5.26. The number of nitrogens with zero attached hydrogens (tertiary/aromatic N) is 1. The minimum absolute atomic E-state index is 0.0708. The number of rotatable bonds is 6. The molecule has 1 fully saturated rings. The number of aliphatic hydroxyl groups excluding tert-OH is 1. The molecule has 0 bridgehead atoms. The Hall–Kier alpha value is -2.38. The van der Waals surface area contributed by atoms with Crippen LogP contribution < -0.4 is 10.5 Å². The molecule has 1 aromatic carbocycles. The van der Waals surface area contributed by atoms with Crippen LogP contribution in [0, 0.1) is 5.92 Å². The Morgan fingerprint density at radius 2 is 2.04 bits per heavy atom. The molecule has 0 radical (unpaired) electrons. The third-order valence-electron chi connectivity index (χ3n) is 4.57. The second-order valence-corrected chi connectivity index (χ2v) is 7.35. The van der Waals surface area contributed by atoms with Crippen LogP contribution in [0.3, 0.4) is 0 Å². The summed E-state index contributed by atoms with van der Waals surface area (Å²) in [6, 6.07) is 10.6. The number of aliphatic hydroxyl groups is 1. The number of thiophene rings is 1. The van der Waals surface area contributed by atoms with Crippen molar-refractivity contribution in [2.45, 2.75) is 18.9 Å². The number of primary amides is 1. The monoisotopic (exact) mass is 374 g/mol. The van der Waals surface area contributed by atoms with Crippen LogP contribution in [0.15, 0.2) is 41.8 Å². The summed E-state index contributed by atoms with van der Waals surface area (Å²) in [5.74, 6) is -0.0210. The van der Waals surface area contributed by atoms with Gasteiger partial charge in [-0.05, 0) is 48.4 Å². The molecular formula is C19H22N2O4S. The molecule has 1 saturated heterocycles. The summed E-state index contributed by atoms with van der Waals surface area (Å²) >= 11 is 1.56. The minimum atomic E-state index is -0.562. The number of hydrogen-bond donors (Lipinski definition) is 2. The van der Waals surface area contributed by atoms with Crippen LogP contribution in [0.4, 0.5) is 0 Å². The van der Waals surface area contributed by atoms with E-state index >= 15 is 0 Å². The molecule has 138 valence electrons. The quantitative estimate of drug-likeness (QED) is 0.811. The van der Waals surface area contributed by atoms with Gasteiger partial charge in [0.1, 0.15) is 5.75 Å². The van der Waals surface area contributed by atoms with Crippen molar-refractivity contribution in [3.8, 4) is 5.75 Å². The van der Waals surface area contributed by atoms with Gasteiger partial charge >= 0.3 is 0 Å². The molecular weight excluding hydrogens is 352 g/mol. The summed E-state index contributed by atoms with van der Waals surface area (Å²) in [6.07, 6.45) is 1.07. The van der Waals surface area contributed by atoms with Gasteiger partial charge < -0.3 is 20.5 Å². The van der Waals surface area contributed by atoms with Crippen molar-refractivity contribution in [1.82, 2.24) is 4.90 Å². The first-order valence-electron chi connectivity index (χ1n) is 8.56. The molecule has 26 heavy (non-hydrogen) atoms. The first-order chi connectivity index (χ1) is 12.5. The zero-order chi connectivity index (χ0) is 18.5. The summed E-state index contributed by atoms with van der Waals surface area (Å²) in [5.41, 5.74) is 5.59. The van der Waals surface area contributed by atoms with E-state index in [2.05, 4.69) is 0 Å². The van der Waals surface area contributed by atoms with E-state index < -0.39 is 12.0 Å². The standard InChI is InChI=1S/C19H22N2O4S/c20-17(22)12-25-15-4-1-3-14(11-15)19(24)21-8-6-13(7-9-21)18(23)16-5-2-10-26-16/h1-5,10-11,13,18,23H,6-9,12H2,(H2,20,22). The second kappa shape index (κ2) is 8.33. The van der Waals surface area contributed by atoms with Gasteiger partial charge in [0.05, 0.1) is 6.10 Å². The van der Waals surface area contributed by atoms with Gasteiger partial charge in [-0.2, -0.15) is 0 Å². The van der Waals surface area contributed by atoms with E-state index in [1.807, 2.05) is 17.5 Å². The van der Waals surface area contributed by atoms with Crippen molar-refractivity contribution in [2.24, 2.45) is 11.7 Å². The predicted molar refractivity (Wildman–Crippen MR) is 99.0 cm³/mol. The lowest BCUT2D eigenvalue weighted by Gasteiger charge is -2.34. The molecule has 1 atom stereocenters. The summed E-state index contributed by atoms with van der Waals surface area (Å²) in [6.45, 7) is 1.00. The van der Waals surface area contributed by atoms with E-state index in [0.717, 1.165) is 17.7 Å². The van der Waals surface area contributed by atoms with Crippen LogP contribution >= 0.6 is 11.3 Å². The minimum Gasteiger partial charge on any atom is -0.484 e. The van der Waals surface area contributed by atoms with Gasteiger partial charge in [-0.3, -0.25) is 9.59 Å². The number of amides is 2. The highest BCUT2D eigenvalue weighted by atomic mass is 32.1. The van der Waals surface area contributed by atoms with Crippen LogP contribution in [0.5, 0.6) is 5.75 Å². The van der Waals surface area contributed by atoms with Crippen LogP contribution in [0.25, 0.3) is 0 Å². The number of likely N-dealkylation sites (tertiary alicyclic amines) is 1. The van der Waals surface area contributed by atoms with Gasteiger partial charge in [-0.15, -0.1) is 11.3 Å². The number of benzene rings is 1. The molecule has 3 rings (SSSR count). The number of piperidine rings is 1. The molecule has 1 aliphatic rings. The number of nitrogens with two attached hydrogens (primary N) is 1. The number of carbonyl (C=O) groups is 2. The molecule has 1 aromatic heterocycles. The zero-order valence-electron chi connectivity index (χ0n) is 14.3. The predicted octanol–water partition coefficient (Wildman–Crippen LogP) is 2.20. The normalized spacial score (nSPS) is 16.3. The van der Waals surface area contributed by atoms with Crippen molar-refractivity contribution in [3.63, 3.8) is 0 Å². The summed E-state index contributed by atoms with van der Waals surface area (Å²) in [4.78, 5) is 26.3. The van der Waals surface area contributed by atoms with E-state index in [1.165, 1.54) is 0 Å². The first-order valence-corrected chi connectivity index (χ1v) is 9.44. The average molecular weight is 374 g/mol. The van der Waals surface area contributed by atoms with E-state index in [0.29, 0.717) is 24.4 Å². The van der Waals surface area contributed by atoms with Crippen molar-refractivity contribution in [2.75, 3.05) is 19.7 Å². The third kappa shape index (κ3) is 4.42. The Bertz CT molecular complexity index is 755. The molecule has 2 amide bonds. The lowest BCUT2D eigenvalue weighted by molar-refractivity contribution is -0.119. The Kier molecular flexibility index (Phi) is 5.90. The number of carbonyl (C=O) groups excluding carboxylic acids is 2. The maximum Gasteiger partial charge on any atom is 0.255 e. The molecule has 2 heterocycles. The summed E-state index contributed by atoms with van der Waals surface area (Å²) in [5, 5.41) is 12.4. The molecule has 1 aliphatic heterocycles. The molecule has 6 nitrogen and oxygen atoms in total. The maximum absolute atomic E-state index is 12.7. The fourth-order valence-electron chi connectivity index (χ4n) is 3.17. The lowest BCUT2D eigenvalue weighted by Crippen LogP contribution is -2.39. The number of hydrogen-bond acceptors (Lipinski definition) is 5. The lowest BCUT2D eigenvalue weighted by atomic mass is 9.90. The van der Waals surface area contributed by atoms with Crippen molar-refractivity contribution < 1.29 is 19.4 Å².